The van der Waals surface area contributed by atoms with Crippen molar-refractivity contribution in [2.45, 2.75) is 25.9 Å². The van der Waals surface area contributed by atoms with Gasteiger partial charge in [0.2, 0.25) is 0 Å². The van der Waals surface area contributed by atoms with E-state index in [9.17, 15) is 0 Å². The predicted octanol–water partition coefficient (Wildman–Crippen LogP) is 4.11. The van der Waals surface area contributed by atoms with E-state index in [0.717, 1.165) is 11.4 Å². The molecular weight excluding hydrogens is 309 g/mol. The quantitative estimate of drug-likeness (QED) is 0.867. The maximum Gasteiger partial charge on any atom is 0.120 e. The van der Waals surface area contributed by atoms with E-state index in [-0.39, 0.29) is 12.1 Å². The molecule has 114 valence electrons. The molecule has 2 rings (SSSR count). The molecule has 0 saturated heterocycles. The Labute approximate surface area is 135 Å². The van der Waals surface area contributed by atoms with Gasteiger partial charge in [-0.05, 0) is 39.1 Å². The first kappa shape index (κ1) is 16.1. The first-order chi connectivity index (χ1) is 10.0. The smallest absolute Gasteiger partial charge is 0.120 e. The molecule has 0 aliphatic rings. The van der Waals surface area contributed by atoms with Crippen molar-refractivity contribution in [2.75, 3.05) is 13.7 Å². The minimum absolute atomic E-state index is 0.0543. The Bertz CT molecular complexity index is 598. The van der Waals surface area contributed by atoms with Gasteiger partial charge in [0.25, 0.3) is 0 Å². The molecular formula is C15H19Cl2N3O. The van der Waals surface area contributed by atoms with Gasteiger partial charge >= 0.3 is 0 Å². The second-order valence-corrected chi connectivity index (χ2v) is 5.87. The molecule has 0 aliphatic carbocycles. The number of ether oxygens (including phenoxy) is 1. The lowest BCUT2D eigenvalue weighted by molar-refractivity contribution is 0.263. The van der Waals surface area contributed by atoms with E-state index in [1.165, 1.54) is 0 Å². The van der Waals surface area contributed by atoms with E-state index in [0.29, 0.717) is 16.7 Å². The van der Waals surface area contributed by atoms with Gasteiger partial charge in [-0.25, -0.2) is 0 Å². The van der Waals surface area contributed by atoms with Crippen LogP contribution in [0.3, 0.4) is 0 Å². The molecule has 0 aliphatic heterocycles. The van der Waals surface area contributed by atoms with E-state index in [4.69, 9.17) is 27.9 Å². The van der Waals surface area contributed by atoms with E-state index in [1.807, 2.05) is 29.9 Å². The van der Waals surface area contributed by atoms with Gasteiger partial charge in [-0.2, -0.15) is 5.10 Å². The minimum Gasteiger partial charge on any atom is -0.491 e. The summed E-state index contributed by atoms with van der Waals surface area (Å²) in [6, 6.07) is 7.51. The van der Waals surface area contributed by atoms with E-state index >= 15 is 0 Å². The average Bonchev–Trinajstić information content (AvgIpc) is 2.82. The molecule has 0 fully saturated rings. The van der Waals surface area contributed by atoms with Crippen LogP contribution in [0.15, 0.2) is 30.5 Å². The van der Waals surface area contributed by atoms with Crippen molar-refractivity contribution >= 4 is 23.2 Å². The molecule has 1 aromatic heterocycles. The summed E-state index contributed by atoms with van der Waals surface area (Å²) in [6.45, 7) is 4.57. The summed E-state index contributed by atoms with van der Waals surface area (Å²) in [7, 11) is 1.87. The predicted molar refractivity (Wildman–Crippen MR) is 86.4 cm³/mol. The molecule has 4 nitrogen and oxygen atoms in total. The van der Waals surface area contributed by atoms with E-state index in [1.54, 1.807) is 12.3 Å². The average molecular weight is 328 g/mol. The fourth-order valence-electron chi connectivity index (χ4n) is 2.12. The lowest BCUT2D eigenvalue weighted by atomic mass is 10.2. The molecule has 0 saturated carbocycles. The first-order valence-electron chi connectivity index (χ1n) is 6.81. The zero-order valence-electron chi connectivity index (χ0n) is 12.3. The lowest BCUT2D eigenvalue weighted by Gasteiger charge is -2.21. The first-order valence-corrected chi connectivity index (χ1v) is 7.57. The van der Waals surface area contributed by atoms with Gasteiger partial charge in [0.15, 0.2) is 0 Å². The maximum absolute atomic E-state index is 6.27. The van der Waals surface area contributed by atoms with Crippen molar-refractivity contribution in [3.05, 3.63) is 46.2 Å². The molecule has 1 unspecified atom stereocenters. The summed E-state index contributed by atoms with van der Waals surface area (Å²) < 4.78 is 7.71. The lowest BCUT2D eigenvalue weighted by Crippen LogP contribution is -2.27. The highest BCUT2D eigenvalue weighted by molar-refractivity contribution is 6.31. The van der Waals surface area contributed by atoms with Gasteiger partial charge < -0.3 is 10.1 Å². The number of rotatable bonds is 6. The van der Waals surface area contributed by atoms with Crippen molar-refractivity contribution in [1.29, 1.82) is 0 Å². The Morgan fingerprint density at radius 3 is 2.71 bits per heavy atom. The number of likely N-dealkylation sites (N-methyl/N-ethyl adjacent to an activating group) is 1. The second-order valence-electron chi connectivity index (χ2n) is 5.03. The van der Waals surface area contributed by atoms with Crippen LogP contribution in [-0.2, 0) is 0 Å². The molecule has 0 radical (unpaired) electrons. The third-order valence-corrected chi connectivity index (χ3v) is 3.69. The zero-order chi connectivity index (χ0) is 15.4. The topological polar surface area (TPSA) is 39.1 Å². The highest BCUT2D eigenvalue weighted by Gasteiger charge is 2.21. The van der Waals surface area contributed by atoms with E-state index < -0.39 is 0 Å². The van der Waals surface area contributed by atoms with Gasteiger partial charge in [-0.3, -0.25) is 4.68 Å². The Kier molecular flexibility index (Phi) is 5.51. The fourth-order valence-corrected chi connectivity index (χ4v) is 2.57. The van der Waals surface area contributed by atoms with Crippen molar-refractivity contribution in [1.82, 2.24) is 15.1 Å². The van der Waals surface area contributed by atoms with Crippen LogP contribution in [0.5, 0.6) is 5.75 Å². The molecule has 6 heteroatoms. The van der Waals surface area contributed by atoms with Crippen molar-refractivity contribution < 1.29 is 4.74 Å². The van der Waals surface area contributed by atoms with Crippen LogP contribution in [0, 0.1) is 0 Å². The van der Waals surface area contributed by atoms with Crippen molar-refractivity contribution in [3.8, 4) is 5.75 Å². The summed E-state index contributed by atoms with van der Waals surface area (Å²) in [6.07, 6.45) is 1.67. The summed E-state index contributed by atoms with van der Waals surface area (Å²) in [4.78, 5) is 0. The Morgan fingerprint density at radius 2 is 2.10 bits per heavy atom. The largest absolute Gasteiger partial charge is 0.491 e. The molecule has 2 aromatic rings. The molecule has 0 bridgehead atoms. The molecule has 1 heterocycles. The number of nitrogens with zero attached hydrogens (tertiary/aromatic N) is 2. The Balaban J connectivity index is 2.15. The van der Waals surface area contributed by atoms with Crippen LogP contribution in [0.1, 0.15) is 31.6 Å². The zero-order valence-corrected chi connectivity index (χ0v) is 13.8. The Morgan fingerprint density at radius 1 is 1.33 bits per heavy atom. The van der Waals surface area contributed by atoms with E-state index in [2.05, 4.69) is 24.3 Å². The van der Waals surface area contributed by atoms with Gasteiger partial charge in [0, 0.05) is 11.1 Å². The SMILES string of the molecule is CNC(COc1cccc(Cl)c1)c1c(Cl)cnn1C(C)C. The fraction of sp³-hybridized carbons (Fsp3) is 0.400. The van der Waals surface area contributed by atoms with Gasteiger partial charge in [0.1, 0.15) is 12.4 Å². The molecule has 1 atom stereocenters. The van der Waals surface area contributed by atoms with Crippen molar-refractivity contribution in [2.24, 2.45) is 0 Å². The van der Waals surface area contributed by atoms with Crippen LogP contribution in [0.2, 0.25) is 10.0 Å². The number of benzene rings is 1. The highest BCUT2D eigenvalue weighted by atomic mass is 35.5. The van der Waals surface area contributed by atoms with Gasteiger partial charge in [-0.15, -0.1) is 0 Å². The van der Waals surface area contributed by atoms with Crippen LogP contribution < -0.4 is 10.1 Å². The molecule has 1 N–H and O–H groups in total. The van der Waals surface area contributed by atoms with Gasteiger partial charge in [-0.1, -0.05) is 29.3 Å². The molecule has 0 amide bonds. The molecule has 21 heavy (non-hydrogen) atoms. The van der Waals surface area contributed by atoms with Crippen LogP contribution in [0.25, 0.3) is 0 Å². The minimum atomic E-state index is -0.0543. The third-order valence-electron chi connectivity index (χ3n) is 3.17. The highest BCUT2D eigenvalue weighted by Crippen LogP contribution is 2.26. The van der Waals surface area contributed by atoms with Crippen molar-refractivity contribution in [3.63, 3.8) is 0 Å². The number of aromatic nitrogens is 2. The normalized spacial score (nSPS) is 12.7. The summed E-state index contributed by atoms with van der Waals surface area (Å²) in [5.41, 5.74) is 0.927. The number of hydrogen-bond acceptors (Lipinski definition) is 3. The monoisotopic (exact) mass is 327 g/mol. The summed E-state index contributed by atoms with van der Waals surface area (Å²) >= 11 is 12.2. The number of hydrogen-bond donors (Lipinski definition) is 1. The number of nitrogens with one attached hydrogen (secondary N) is 1. The molecule has 1 aromatic carbocycles. The van der Waals surface area contributed by atoms with Gasteiger partial charge in [0.05, 0.1) is 23.0 Å². The standard InChI is InChI=1S/C15H19Cl2N3O/c1-10(2)20-15(13(17)8-19-20)14(18-3)9-21-12-6-4-5-11(16)7-12/h4-8,10,14,18H,9H2,1-3H3. The number of halogens is 2. The van der Waals surface area contributed by atoms with Crippen LogP contribution >= 0.6 is 23.2 Å². The maximum atomic E-state index is 6.27. The second kappa shape index (κ2) is 7.16. The Hall–Kier alpha value is -1.23. The summed E-state index contributed by atoms with van der Waals surface area (Å²) in [5.74, 6) is 0.731. The molecule has 0 spiro atoms. The summed E-state index contributed by atoms with van der Waals surface area (Å²) in [5, 5.41) is 8.83. The van der Waals surface area contributed by atoms with Crippen LogP contribution in [0.4, 0.5) is 0 Å². The van der Waals surface area contributed by atoms with Crippen LogP contribution in [-0.4, -0.2) is 23.4 Å². The third kappa shape index (κ3) is 3.90.